The van der Waals surface area contributed by atoms with E-state index in [9.17, 15) is 15.0 Å². The van der Waals surface area contributed by atoms with Gasteiger partial charge in [0.05, 0.1) is 17.5 Å². The fourth-order valence-corrected chi connectivity index (χ4v) is 1.54. The van der Waals surface area contributed by atoms with E-state index in [0.717, 1.165) is 0 Å². The molecule has 1 aromatic carbocycles. The molecule has 6 heteroatoms. The van der Waals surface area contributed by atoms with E-state index < -0.39 is 18.2 Å². The van der Waals surface area contributed by atoms with E-state index in [2.05, 4.69) is 0 Å². The van der Waals surface area contributed by atoms with Crippen LogP contribution in [0.3, 0.4) is 0 Å². The number of carboxylic acids is 1. The maximum atomic E-state index is 11.0. The van der Waals surface area contributed by atoms with Crippen molar-refractivity contribution in [1.29, 1.82) is 0 Å². The Morgan fingerprint density at radius 1 is 1.44 bits per heavy atom. The van der Waals surface area contributed by atoms with Crippen LogP contribution in [0.2, 0.25) is 0 Å². The van der Waals surface area contributed by atoms with Crippen molar-refractivity contribution in [2.75, 3.05) is 11.6 Å². The molecule has 16 heavy (non-hydrogen) atoms. The lowest BCUT2D eigenvalue weighted by Crippen LogP contribution is -2.22. The molecule has 0 bridgehead atoms. The number of halogens is 1. The number of anilines is 1. The summed E-state index contributed by atoms with van der Waals surface area (Å²) in [7, 11) is 0. The van der Waals surface area contributed by atoms with Gasteiger partial charge in [-0.2, -0.15) is 0 Å². The molecule has 0 aliphatic carbocycles. The molecule has 2 unspecified atom stereocenters. The second-order valence-electron chi connectivity index (χ2n) is 3.28. The zero-order chi connectivity index (χ0) is 12.3. The predicted octanol–water partition coefficient (Wildman–Crippen LogP) is 0.600. The largest absolute Gasteiger partial charge is 0.478 e. The molecule has 0 saturated heterocycles. The molecule has 0 fully saturated rings. The van der Waals surface area contributed by atoms with Gasteiger partial charge in [-0.3, -0.25) is 0 Å². The molecular weight excluding hydrogens is 234 g/mol. The second-order valence-corrected chi connectivity index (χ2v) is 3.59. The molecule has 0 heterocycles. The summed E-state index contributed by atoms with van der Waals surface area (Å²) in [6, 6.07) is 4.30. The number of benzene rings is 1. The SMILES string of the molecule is Nc1cccc(C(O)C(O)CCl)c1C(=O)O. The zero-order valence-electron chi connectivity index (χ0n) is 8.30. The number of hydrogen-bond donors (Lipinski definition) is 4. The zero-order valence-corrected chi connectivity index (χ0v) is 9.05. The smallest absolute Gasteiger partial charge is 0.338 e. The number of nitrogens with two attached hydrogens (primary N) is 1. The Morgan fingerprint density at radius 2 is 2.06 bits per heavy atom. The van der Waals surface area contributed by atoms with Gasteiger partial charge in [0.2, 0.25) is 0 Å². The minimum atomic E-state index is -1.37. The van der Waals surface area contributed by atoms with Crippen LogP contribution in [0.5, 0.6) is 0 Å². The summed E-state index contributed by atoms with van der Waals surface area (Å²) >= 11 is 5.38. The number of carboxylic acid groups (broad SMARTS) is 1. The summed E-state index contributed by atoms with van der Waals surface area (Å²) in [6.07, 6.45) is -2.60. The van der Waals surface area contributed by atoms with E-state index in [-0.39, 0.29) is 22.7 Å². The first kappa shape index (κ1) is 12.8. The minimum absolute atomic E-state index is 0.0332. The third-order valence-electron chi connectivity index (χ3n) is 2.18. The Hall–Kier alpha value is -1.30. The Balaban J connectivity index is 3.22. The molecule has 0 aliphatic rings. The van der Waals surface area contributed by atoms with E-state index in [4.69, 9.17) is 22.4 Å². The molecule has 88 valence electrons. The van der Waals surface area contributed by atoms with E-state index in [1.165, 1.54) is 18.2 Å². The molecule has 5 nitrogen and oxygen atoms in total. The molecule has 1 aromatic rings. The summed E-state index contributed by atoms with van der Waals surface area (Å²) in [6.45, 7) is 0. The molecular formula is C10H12ClNO4. The van der Waals surface area contributed by atoms with Crippen molar-refractivity contribution in [3.8, 4) is 0 Å². The molecule has 0 aromatic heterocycles. The number of carbonyl (C=O) groups is 1. The van der Waals surface area contributed by atoms with Crippen LogP contribution in [0.4, 0.5) is 5.69 Å². The van der Waals surface area contributed by atoms with Crippen LogP contribution < -0.4 is 5.73 Å². The lowest BCUT2D eigenvalue weighted by molar-refractivity contribution is 0.0313. The minimum Gasteiger partial charge on any atom is -0.478 e. The summed E-state index contributed by atoms with van der Waals surface area (Å²) in [4.78, 5) is 11.0. The summed E-state index contributed by atoms with van der Waals surface area (Å²) < 4.78 is 0. The molecule has 2 atom stereocenters. The third kappa shape index (κ3) is 2.44. The number of nitrogen functional groups attached to an aromatic ring is 1. The lowest BCUT2D eigenvalue weighted by Gasteiger charge is -2.18. The van der Waals surface area contributed by atoms with Crippen molar-refractivity contribution < 1.29 is 20.1 Å². The van der Waals surface area contributed by atoms with Gasteiger partial charge in [0.1, 0.15) is 6.10 Å². The van der Waals surface area contributed by atoms with Crippen molar-refractivity contribution >= 4 is 23.3 Å². The van der Waals surface area contributed by atoms with Crippen LogP contribution in [0, 0.1) is 0 Å². The van der Waals surface area contributed by atoms with Gasteiger partial charge in [0.15, 0.2) is 0 Å². The van der Waals surface area contributed by atoms with Gasteiger partial charge in [-0.1, -0.05) is 12.1 Å². The van der Waals surface area contributed by atoms with Gasteiger partial charge in [-0.05, 0) is 11.6 Å². The maximum Gasteiger partial charge on any atom is 0.338 e. The number of aliphatic hydroxyl groups is 2. The van der Waals surface area contributed by atoms with E-state index >= 15 is 0 Å². The highest BCUT2D eigenvalue weighted by Gasteiger charge is 2.24. The summed E-state index contributed by atoms with van der Waals surface area (Å²) in [5.74, 6) is -1.46. The lowest BCUT2D eigenvalue weighted by atomic mass is 9.98. The van der Waals surface area contributed by atoms with Crippen LogP contribution in [0.25, 0.3) is 0 Å². The molecule has 0 amide bonds. The number of rotatable bonds is 4. The van der Waals surface area contributed by atoms with E-state index in [1.807, 2.05) is 0 Å². The number of hydrogen-bond acceptors (Lipinski definition) is 4. The van der Waals surface area contributed by atoms with Gasteiger partial charge in [0, 0.05) is 5.69 Å². The summed E-state index contributed by atoms with van der Waals surface area (Å²) in [5.41, 5.74) is 5.38. The van der Waals surface area contributed by atoms with Crippen LogP contribution in [0.15, 0.2) is 18.2 Å². The third-order valence-corrected chi connectivity index (χ3v) is 2.50. The van der Waals surface area contributed by atoms with Gasteiger partial charge in [0.25, 0.3) is 0 Å². The van der Waals surface area contributed by atoms with Gasteiger partial charge in [-0.25, -0.2) is 4.79 Å². The molecule has 0 saturated carbocycles. The normalized spacial score (nSPS) is 14.4. The molecule has 0 spiro atoms. The van der Waals surface area contributed by atoms with Gasteiger partial charge >= 0.3 is 5.97 Å². The van der Waals surface area contributed by atoms with Crippen molar-refractivity contribution in [2.24, 2.45) is 0 Å². The highest BCUT2D eigenvalue weighted by atomic mass is 35.5. The predicted molar refractivity (Wildman–Crippen MR) is 59.5 cm³/mol. The maximum absolute atomic E-state index is 11.0. The molecule has 5 N–H and O–H groups in total. The standard InChI is InChI=1S/C10H12ClNO4/c11-4-7(13)9(14)5-2-1-3-6(12)8(5)10(15)16/h1-3,7,9,13-14H,4,12H2,(H,15,16). The van der Waals surface area contributed by atoms with Gasteiger partial charge < -0.3 is 21.1 Å². The molecule has 0 aliphatic heterocycles. The monoisotopic (exact) mass is 245 g/mol. The van der Waals surface area contributed by atoms with Gasteiger partial charge in [-0.15, -0.1) is 11.6 Å². The number of alkyl halides is 1. The Bertz CT molecular complexity index is 396. The number of aromatic carboxylic acids is 1. The fourth-order valence-electron chi connectivity index (χ4n) is 1.37. The fraction of sp³-hybridized carbons (Fsp3) is 0.300. The highest BCUT2D eigenvalue weighted by Crippen LogP contribution is 2.25. The van der Waals surface area contributed by atoms with Crippen molar-refractivity contribution in [1.82, 2.24) is 0 Å². The molecule has 0 radical (unpaired) electrons. The Morgan fingerprint density at radius 3 is 2.56 bits per heavy atom. The van der Waals surface area contributed by atoms with Crippen LogP contribution >= 0.6 is 11.6 Å². The van der Waals surface area contributed by atoms with E-state index in [1.54, 1.807) is 0 Å². The second kappa shape index (κ2) is 5.16. The average molecular weight is 246 g/mol. The highest BCUT2D eigenvalue weighted by molar-refractivity contribution is 6.18. The van der Waals surface area contributed by atoms with Crippen molar-refractivity contribution in [3.05, 3.63) is 29.3 Å². The Kier molecular flexibility index (Phi) is 4.12. The Labute approximate surface area is 97.1 Å². The summed E-state index contributed by atoms with van der Waals surface area (Å²) in [5, 5.41) is 28.0. The number of aliphatic hydroxyl groups excluding tert-OH is 2. The van der Waals surface area contributed by atoms with Crippen LogP contribution in [-0.2, 0) is 0 Å². The van der Waals surface area contributed by atoms with Crippen LogP contribution in [-0.4, -0.2) is 33.3 Å². The van der Waals surface area contributed by atoms with Crippen molar-refractivity contribution in [3.63, 3.8) is 0 Å². The van der Waals surface area contributed by atoms with Crippen LogP contribution in [0.1, 0.15) is 22.0 Å². The quantitative estimate of drug-likeness (QED) is 0.459. The first-order chi connectivity index (χ1) is 7.49. The average Bonchev–Trinajstić information content (AvgIpc) is 2.26. The molecule has 1 rings (SSSR count). The first-order valence-electron chi connectivity index (χ1n) is 4.52. The van der Waals surface area contributed by atoms with Crippen molar-refractivity contribution in [2.45, 2.75) is 12.2 Å². The topological polar surface area (TPSA) is 104 Å². The van der Waals surface area contributed by atoms with E-state index in [0.29, 0.717) is 0 Å². The first-order valence-corrected chi connectivity index (χ1v) is 5.06.